The lowest BCUT2D eigenvalue weighted by atomic mass is 9.92. The average Bonchev–Trinajstić information content (AvgIpc) is 2.52. The molecule has 1 aromatic carbocycles. The van der Waals surface area contributed by atoms with Crippen LogP contribution in [-0.4, -0.2) is 36.3 Å². The van der Waals surface area contributed by atoms with Crippen LogP contribution in [0.5, 0.6) is 0 Å². The van der Waals surface area contributed by atoms with E-state index < -0.39 is 5.97 Å². The van der Waals surface area contributed by atoms with Crippen LogP contribution in [0.2, 0.25) is 0 Å². The van der Waals surface area contributed by atoms with E-state index in [4.69, 9.17) is 0 Å². The third-order valence-corrected chi connectivity index (χ3v) is 5.00. The molecule has 2 amide bonds. The third-order valence-electron chi connectivity index (χ3n) is 3.21. The van der Waals surface area contributed by atoms with Crippen LogP contribution in [0.25, 0.3) is 0 Å². The zero-order chi connectivity index (χ0) is 18.3. The summed E-state index contributed by atoms with van der Waals surface area (Å²) in [5, 5.41) is 5.41. The van der Waals surface area contributed by atoms with E-state index >= 15 is 0 Å². The van der Waals surface area contributed by atoms with Gasteiger partial charge in [0.05, 0.1) is 17.5 Å². The van der Waals surface area contributed by atoms with Gasteiger partial charge in [-0.1, -0.05) is 42.8 Å². The van der Waals surface area contributed by atoms with Gasteiger partial charge >= 0.3 is 5.97 Å². The quantitative estimate of drug-likeness (QED) is 0.569. The zero-order valence-electron chi connectivity index (χ0n) is 14.3. The first kappa shape index (κ1) is 20.2. The monoisotopic (exact) mass is 398 g/mol. The number of amides is 2. The highest BCUT2D eigenvalue weighted by atomic mass is 79.9. The molecule has 132 valence electrons. The Bertz CT molecular complexity index is 611. The number of carbonyl (C=O) groups is 3. The number of nitrogens with one attached hydrogen (secondary N) is 2. The maximum Gasteiger partial charge on any atom is 0.337 e. The number of alkyl halides is 1. The largest absolute Gasteiger partial charge is 0.465 e. The molecular weight excluding hydrogens is 376 g/mol. The second kappa shape index (κ2) is 8.82. The van der Waals surface area contributed by atoms with Gasteiger partial charge in [-0.05, 0) is 23.6 Å². The number of carbonyl (C=O) groups excluding carboxylic acids is 3. The van der Waals surface area contributed by atoms with Gasteiger partial charge in [0.2, 0.25) is 11.8 Å². The first-order chi connectivity index (χ1) is 11.1. The minimum absolute atomic E-state index is 0.137. The van der Waals surface area contributed by atoms with Crippen molar-refractivity contribution in [2.75, 3.05) is 19.0 Å². The van der Waals surface area contributed by atoms with Crippen molar-refractivity contribution in [1.82, 2.24) is 5.32 Å². The molecule has 0 heterocycles. The Morgan fingerprint density at radius 1 is 1.25 bits per heavy atom. The molecule has 0 saturated carbocycles. The maximum atomic E-state index is 11.9. The second-order valence-electron chi connectivity index (χ2n) is 6.39. The fourth-order valence-electron chi connectivity index (χ4n) is 1.85. The summed E-state index contributed by atoms with van der Waals surface area (Å²) in [6.45, 7) is 6.09. The third kappa shape index (κ3) is 6.31. The summed E-state index contributed by atoms with van der Waals surface area (Å²) >= 11 is 3.36. The summed E-state index contributed by atoms with van der Waals surface area (Å²) in [4.78, 5) is 35.0. The van der Waals surface area contributed by atoms with Crippen LogP contribution >= 0.6 is 15.9 Å². The van der Waals surface area contributed by atoms with Crippen molar-refractivity contribution < 1.29 is 19.1 Å². The molecule has 6 nitrogen and oxygen atoms in total. The summed E-state index contributed by atoms with van der Waals surface area (Å²) in [7, 11) is 1.30. The van der Waals surface area contributed by atoms with Crippen LogP contribution in [0.15, 0.2) is 24.3 Å². The average molecular weight is 399 g/mol. The Morgan fingerprint density at radius 3 is 2.50 bits per heavy atom. The molecule has 2 N–H and O–H groups in total. The molecule has 0 aliphatic heterocycles. The number of ether oxygens (including phenoxy) is 1. The lowest BCUT2D eigenvalue weighted by Gasteiger charge is -2.24. The number of esters is 1. The van der Waals surface area contributed by atoms with Gasteiger partial charge in [-0.25, -0.2) is 4.79 Å². The van der Waals surface area contributed by atoms with Crippen molar-refractivity contribution in [3.8, 4) is 0 Å². The smallest absolute Gasteiger partial charge is 0.337 e. The Morgan fingerprint density at radius 2 is 1.92 bits per heavy atom. The van der Waals surface area contributed by atoms with Crippen LogP contribution < -0.4 is 10.6 Å². The van der Waals surface area contributed by atoms with Crippen molar-refractivity contribution in [3.05, 3.63) is 29.8 Å². The number of anilines is 1. The van der Waals surface area contributed by atoms with Gasteiger partial charge in [0.15, 0.2) is 0 Å². The Kier molecular flexibility index (Phi) is 7.41. The first-order valence-corrected chi connectivity index (χ1v) is 8.46. The maximum absolute atomic E-state index is 11.9. The Labute approximate surface area is 150 Å². The fourth-order valence-corrected chi connectivity index (χ4v) is 2.01. The molecule has 0 bridgehead atoms. The molecule has 0 fully saturated rings. The van der Waals surface area contributed by atoms with Crippen LogP contribution in [-0.2, 0) is 14.3 Å². The van der Waals surface area contributed by atoms with Crippen LogP contribution in [0.3, 0.4) is 0 Å². The molecule has 0 aliphatic rings. The zero-order valence-corrected chi connectivity index (χ0v) is 15.9. The van der Waals surface area contributed by atoms with Gasteiger partial charge in [0.25, 0.3) is 0 Å². The number of methoxy groups -OCH3 is 1. The SMILES string of the molecule is COC(=O)c1cccc(NC(=O)CCNC(=O)[C@@H](Br)C(C)(C)C)c1. The highest BCUT2D eigenvalue weighted by Gasteiger charge is 2.28. The van der Waals surface area contributed by atoms with Crippen molar-refractivity contribution in [3.63, 3.8) is 0 Å². The van der Waals surface area contributed by atoms with Gasteiger partial charge in [0.1, 0.15) is 0 Å². The van der Waals surface area contributed by atoms with E-state index in [1.165, 1.54) is 13.2 Å². The molecule has 7 heteroatoms. The van der Waals surface area contributed by atoms with Gasteiger partial charge < -0.3 is 15.4 Å². The van der Waals surface area contributed by atoms with Crippen LogP contribution in [0.4, 0.5) is 5.69 Å². The van der Waals surface area contributed by atoms with Crippen LogP contribution in [0, 0.1) is 5.41 Å². The molecular formula is C17H23BrN2O4. The Balaban J connectivity index is 2.47. The molecule has 0 aromatic heterocycles. The summed E-state index contributed by atoms with van der Waals surface area (Å²) in [6, 6.07) is 6.47. The van der Waals surface area contributed by atoms with Crippen molar-refractivity contribution >= 4 is 39.4 Å². The highest BCUT2D eigenvalue weighted by molar-refractivity contribution is 9.10. The van der Waals surface area contributed by atoms with E-state index in [-0.39, 0.29) is 35.0 Å². The molecule has 1 rings (SSSR count). The lowest BCUT2D eigenvalue weighted by Crippen LogP contribution is -2.39. The van der Waals surface area contributed by atoms with Gasteiger partial charge in [-0.2, -0.15) is 0 Å². The number of hydrogen-bond donors (Lipinski definition) is 2. The highest BCUT2D eigenvalue weighted by Crippen LogP contribution is 2.25. The van der Waals surface area contributed by atoms with E-state index in [2.05, 4.69) is 31.3 Å². The molecule has 0 saturated heterocycles. The minimum Gasteiger partial charge on any atom is -0.465 e. The van der Waals surface area contributed by atoms with E-state index in [9.17, 15) is 14.4 Å². The lowest BCUT2D eigenvalue weighted by molar-refractivity contribution is -0.122. The van der Waals surface area contributed by atoms with Crippen molar-refractivity contribution in [2.45, 2.75) is 32.0 Å². The van der Waals surface area contributed by atoms with Gasteiger partial charge in [-0.3, -0.25) is 9.59 Å². The van der Waals surface area contributed by atoms with E-state index in [1.807, 2.05) is 20.8 Å². The molecule has 1 atom stereocenters. The summed E-state index contributed by atoms with van der Waals surface area (Å²) < 4.78 is 4.63. The fraction of sp³-hybridized carbons (Fsp3) is 0.471. The number of hydrogen-bond acceptors (Lipinski definition) is 4. The first-order valence-electron chi connectivity index (χ1n) is 7.55. The number of benzene rings is 1. The predicted molar refractivity (Wildman–Crippen MR) is 96.2 cm³/mol. The minimum atomic E-state index is -0.469. The molecule has 1 aromatic rings. The van der Waals surface area contributed by atoms with Crippen LogP contribution in [0.1, 0.15) is 37.6 Å². The topological polar surface area (TPSA) is 84.5 Å². The summed E-state index contributed by atoms with van der Waals surface area (Å²) in [6.07, 6.45) is 0.137. The van der Waals surface area contributed by atoms with E-state index in [1.54, 1.807) is 18.2 Å². The normalized spacial score (nSPS) is 12.2. The standard InChI is InChI=1S/C17H23BrN2O4/c1-17(2,3)14(18)15(22)19-9-8-13(21)20-12-7-5-6-11(10-12)16(23)24-4/h5-7,10,14H,8-9H2,1-4H3,(H,19,22)(H,20,21)/t14-/m1/s1. The van der Waals surface area contributed by atoms with Gasteiger partial charge in [0, 0.05) is 18.7 Å². The molecule has 0 radical (unpaired) electrons. The van der Waals surface area contributed by atoms with E-state index in [0.717, 1.165) is 0 Å². The number of rotatable bonds is 6. The number of halogens is 1. The van der Waals surface area contributed by atoms with Crippen molar-refractivity contribution in [1.29, 1.82) is 0 Å². The molecule has 24 heavy (non-hydrogen) atoms. The van der Waals surface area contributed by atoms with E-state index in [0.29, 0.717) is 11.3 Å². The molecule has 0 aliphatic carbocycles. The summed E-state index contributed by atoms with van der Waals surface area (Å²) in [5.41, 5.74) is 0.652. The van der Waals surface area contributed by atoms with Crippen molar-refractivity contribution in [2.24, 2.45) is 5.41 Å². The molecule has 0 unspecified atom stereocenters. The van der Waals surface area contributed by atoms with Gasteiger partial charge in [-0.15, -0.1) is 0 Å². The summed E-state index contributed by atoms with van der Waals surface area (Å²) in [5.74, 6) is -0.869. The predicted octanol–water partition coefficient (Wildman–Crippen LogP) is 2.73. The Hall–Kier alpha value is -1.89. The second-order valence-corrected chi connectivity index (χ2v) is 7.31. The molecule has 0 spiro atoms.